The number of nitrogens with zero attached hydrogens (tertiary/aromatic N) is 1. The molecule has 0 fully saturated rings. The highest BCUT2D eigenvalue weighted by Crippen LogP contribution is 2.31. The molecule has 1 aromatic rings. The molecule has 3 nitrogen and oxygen atoms in total. The van der Waals surface area contributed by atoms with Crippen LogP contribution in [0.1, 0.15) is 18.4 Å². The molecule has 92 valence electrons. The largest absolute Gasteiger partial charge is 0.497 e. The number of rotatable bonds is 4. The lowest BCUT2D eigenvalue weighted by Gasteiger charge is -2.29. The number of hydrogen-bond donors (Lipinski definition) is 0. The Morgan fingerprint density at radius 1 is 1.41 bits per heavy atom. The molecule has 0 unspecified atom stereocenters. The summed E-state index contributed by atoms with van der Waals surface area (Å²) >= 11 is 3.40. The average Bonchev–Trinajstić information content (AvgIpc) is 2.37. The molecule has 0 atom stereocenters. The molecule has 1 amide bonds. The summed E-state index contributed by atoms with van der Waals surface area (Å²) in [6.45, 7) is 0.781. The first kappa shape index (κ1) is 12.4. The van der Waals surface area contributed by atoms with E-state index in [9.17, 15) is 4.79 Å². The van der Waals surface area contributed by atoms with E-state index in [-0.39, 0.29) is 5.91 Å². The van der Waals surface area contributed by atoms with Crippen LogP contribution in [0.4, 0.5) is 5.69 Å². The highest BCUT2D eigenvalue weighted by atomic mass is 79.9. The smallest absolute Gasteiger partial charge is 0.227 e. The number of methoxy groups -OCH3 is 1. The van der Waals surface area contributed by atoms with E-state index in [1.165, 1.54) is 5.56 Å². The van der Waals surface area contributed by atoms with Crippen LogP contribution >= 0.6 is 15.9 Å². The van der Waals surface area contributed by atoms with Crippen molar-refractivity contribution < 1.29 is 9.53 Å². The van der Waals surface area contributed by atoms with E-state index in [1.807, 2.05) is 23.1 Å². The van der Waals surface area contributed by atoms with Crippen LogP contribution in [0.15, 0.2) is 18.2 Å². The number of amides is 1. The van der Waals surface area contributed by atoms with Gasteiger partial charge in [0.15, 0.2) is 0 Å². The Kier molecular flexibility index (Phi) is 4.05. The number of benzene rings is 1. The molecule has 0 aromatic heterocycles. The molecule has 1 aromatic carbocycles. The summed E-state index contributed by atoms with van der Waals surface area (Å²) in [7, 11) is 1.66. The van der Waals surface area contributed by atoms with E-state index < -0.39 is 0 Å². The van der Waals surface area contributed by atoms with Gasteiger partial charge in [0.25, 0.3) is 0 Å². The van der Waals surface area contributed by atoms with Crippen molar-refractivity contribution in [1.29, 1.82) is 0 Å². The fourth-order valence-electron chi connectivity index (χ4n) is 2.13. The van der Waals surface area contributed by atoms with Gasteiger partial charge in [-0.25, -0.2) is 0 Å². The maximum Gasteiger partial charge on any atom is 0.227 e. The molecule has 0 saturated heterocycles. The highest BCUT2D eigenvalue weighted by Gasteiger charge is 2.23. The van der Waals surface area contributed by atoms with Gasteiger partial charge in [-0.1, -0.05) is 15.9 Å². The topological polar surface area (TPSA) is 29.5 Å². The molecule has 0 bridgehead atoms. The van der Waals surface area contributed by atoms with Gasteiger partial charge in [-0.2, -0.15) is 0 Å². The van der Waals surface area contributed by atoms with Gasteiger partial charge in [-0.05, 0) is 36.6 Å². The third kappa shape index (κ3) is 2.63. The quantitative estimate of drug-likeness (QED) is 0.800. The Morgan fingerprint density at radius 2 is 2.24 bits per heavy atom. The van der Waals surface area contributed by atoms with Gasteiger partial charge in [0.05, 0.1) is 7.11 Å². The van der Waals surface area contributed by atoms with Crippen LogP contribution < -0.4 is 9.64 Å². The summed E-state index contributed by atoms with van der Waals surface area (Å²) in [5.74, 6) is 1.09. The number of fused-ring (bicyclic) bond motifs is 1. The van der Waals surface area contributed by atoms with Crippen LogP contribution in [-0.2, 0) is 11.2 Å². The normalized spacial score (nSPS) is 14.7. The molecule has 4 heteroatoms. The molecule has 0 N–H and O–H groups in total. The minimum atomic E-state index is 0.226. The van der Waals surface area contributed by atoms with Crippen LogP contribution in [0.3, 0.4) is 0 Å². The Hall–Kier alpha value is -1.03. The van der Waals surface area contributed by atoms with E-state index in [1.54, 1.807) is 7.11 Å². The number of aryl methyl sites for hydroxylation is 1. The molecule has 1 heterocycles. The number of alkyl halides is 1. The fourth-order valence-corrected chi connectivity index (χ4v) is 2.38. The highest BCUT2D eigenvalue weighted by molar-refractivity contribution is 9.09. The molecular weight excluding hydrogens is 282 g/mol. The van der Waals surface area contributed by atoms with Crippen LogP contribution in [0.5, 0.6) is 5.75 Å². The van der Waals surface area contributed by atoms with Crippen LogP contribution in [0.25, 0.3) is 0 Å². The second-order valence-electron chi connectivity index (χ2n) is 4.08. The van der Waals surface area contributed by atoms with Crippen molar-refractivity contribution >= 4 is 27.5 Å². The van der Waals surface area contributed by atoms with Crippen molar-refractivity contribution in [2.45, 2.75) is 19.3 Å². The zero-order valence-electron chi connectivity index (χ0n) is 9.91. The molecule has 1 aliphatic heterocycles. The van der Waals surface area contributed by atoms with Gasteiger partial charge in [0.2, 0.25) is 5.91 Å². The number of carbonyl (C=O) groups is 1. The predicted molar refractivity (Wildman–Crippen MR) is 72.1 cm³/mol. The fraction of sp³-hybridized carbons (Fsp3) is 0.462. The number of halogens is 1. The van der Waals surface area contributed by atoms with Gasteiger partial charge < -0.3 is 9.64 Å². The van der Waals surface area contributed by atoms with Crippen molar-refractivity contribution in [3.8, 4) is 5.75 Å². The summed E-state index contributed by atoms with van der Waals surface area (Å²) in [6.07, 6.45) is 2.38. The van der Waals surface area contributed by atoms with Crippen molar-refractivity contribution in [2.24, 2.45) is 0 Å². The second-order valence-corrected chi connectivity index (χ2v) is 4.88. The van der Waals surface area contributed by atoms with Gasteiger partial charge in [-0.3, -0.25) is 4.79 Å². The summed E-state index contributed by atoms with van der Waals surface area (Å²) in [6, 6.07) is 5.93. The summed E-state index contributed by atoms with van der Waals surface area (Å²) in [4.78, 5) is 13.8. The first-order valence-electron chi connectivity index (χ1n) is 5.79. The molecular formula is C13H16BrNO2. The van der Waals surface area contributed by atoms with Crippen molar-refractivity contribution in [3.63, 3.8) is 0 Å². The molecule has 0 aliphatic carbocycles. The molecule has 0 radical (unpaired) electrons. The van der Waals surface area contributed by atoms with E-state index in [2.05, 4.69) is 15.9 Å². The number of anilines is 1. The lowest BCUT2D eigenvalue weighted by Crippen LogP contribution is -2.36. The van der Waals surface area contributed by atoms with Crippen LogP contribution in [0.2, 0.25) is 0 Å². The van der Waals surface area contributed by atoms with Gasteiger partial charge >= 0.3 is 0 Å². The molecule has 0 spiro atoms. The van der Waals surface area contributed by atoms with Gasteiger partial charge in [0, 0.05) is 24.0 Å². The van der Waals surface area contributed by atoms with Crippen LogP contribution in [0, 0.1) is 0 Å². The second kappa shape index (κ2) is 5.54. The van der Waals surface area contributed by atoms with E-state index in [0.717, 1.165) is 36.2 Å². The number of carbonyl (C=O) groups excluding carboxylic acids is 1. The van der Waals surface area contributed by atoms with E-state index in [0.29, 0.717) is 6.42 Å². The average molecular weight is 298 g/mol. The minimum Gasteiger partial charge on any atom is -0.497 e. The zero-order chi connectivity index (χ0) is 12.3. The van der Waals surface area contributed by atoms with Gasteiger partial charge in [0.1, 0.15) is 5.75 Å². The first-order chi connectivity index (χ1) is 8.26. The SMILES string of the molecule is COc1ccc2c(c1)CCC(=O)N2CCCBr. The van der Waals surface area contributed by atoms with Crippen molar-refractivity contribution in [2.75, 3.05) is 23.9 Å². The third-order valence-electron chi connectivity index (χ3n) is 3.00. The Balaban J connectivity index is 2.28. The lowest BCUT2D eigenvalue weighted by molar-refractivity contribution is -0.118. The van der Waals surface area contributed by atoms with Crippen molar-refractivity contribution in [1.82, 2.24) is 0 Å². The van der Waals surface area contributed by atoms with E-state index in [4.69, 9.17) is 4.74 Å². The first-order valence-corrected chi connectivity index (χ1v) is 6.91. The minimum absolute atomic E-state index is 0.226. The maximum atomic E-state index is 11.9. The van der Waals surface area contributed by atoms with Crippen LogP contribution in [-0.4, -0.2) is 24.9 Å². The Labute approximate surface area is 110 Å². The van der Waals surface area contributed by atoms with Gasteiger partial charge in [-0.15, -0.1) is 0 Å². The number of hydrogen-bond acceptors (Lipinski definition) is 2. The summed E-state index contributed by atoms with van der Waals surface area (Å²) < 4.78 is 5.21. The number of ether oxygens (including phenoxy) is 1. The van der Waals surface area contributed by atoms with E-state index >= 15 is 0 Å². The molecule has 1 aliphatic rings. The Morgan fingerprint density at radius 3 is 2.94 bits per heavy atom. The standard InChI is InChI=1S/C13H16BrNO2/c1-17-11-4-5-12-10(9-11)3-6-13(16)15(12)8-2-7-14/h4-5,9H,2-3,6-8H2,1H3. The predicted octanol–water partition coefficient (Wildman–Crippen LogP) is 2.76. The monoisotopic (exact) mass is 297 g/mol. The summed E-state index contributed by atoms with van der Waals surface area (Å²) in [5, 5.41) is 0.919. The summed E-state index contributed by atoms with van der Waals surface area (Å²) in [5.41, 5.74) is 2.25. The lowest BCUT2D eigenvalue weighted by atomic mass is 10.0. The molecule has 17 heavy (non-hydrogen) atoms. The zero-order valence-corrected chi connectivity index (χ0v) is 11.5. The molecule has 2 rings (SSSR count). The maximum absolute atomic E-state index is 11.9. The van der Waals surface area contributed by atoms with Crippen molar-refractivity contribution in [3.05, 3.63) is 23.8 Å². The third-order valence-corrected chi connectivity index (χ3v) is 3.56. The Bertz CT molecular complexity index is 420. The molecule has 0 saturated carbocycles.